The van der Waals surface area contributed by atoms with Crippen LogP contribution in [-0.4, -0.2) is 39.4 Å². The normalized spacial score (nSPS) is 16.2. The molecule has 1 aliphatic heterocycles. The maximum absolute atomic E-state index is 12.7. The van der Waals surface area contributed by atoms with Crippen molar-refractivity contribution in [3.05, 3.63) is 65.2 Å². The van der Waals surface area contributed by atoms with E-state index in [2.05, 4.69) is 10.3 Å². The summed E-state index contributed by atoms with van der Waals surface area (Å²) in [6, 6.07) is 16.0. The van der Waals surface area contributed by atoms with Gasteiger partial charge in [-0.25, -0.2) is 4.98 Å². The fourth-order valence-corrected chi connectivity index (χ4v) is 4.96. The van der Waals surface area contributed by atoms with E-state index in [-0.39, 0.29) is 11.8 Å². The summed E-state index contributed by atoms with van der Waals surface area (Å²) in [5.41, 5.74) is 2.03. The number of benzene rings is 2. The van der Waals surface area contributed by atoms with Crippen molar-refractivity contribution in [1.29, 1.82) is 5.26 Å². The number of carbonyl (C=O) groups is 2. The Bertz CT molecular complexity index is 1100. The number of rotatable bonds is 4. The zero-order chi connectivity index (χ0) is 20.2. The summed E-state index contributed by atoms with van der Waals surface area (Å²) in [6.45, 7) is 0. The van der Waals surface area contributed by atoms with Crippen LogP contribution >= 0.6 is 23.1 Å². The van der Waals surface area contributed by atoms with Crippen LogP contribution in [-0.2, 0) is 9.59 Å². The quantitative estimate of drug-likeness (QED) is 0.650. The highest BCUT2D eigenvalue weighted by Crippen LogP contribution is 2.25. The first-order valence-electron chi connectivity index (χ1n) is 8.87. The molecule has 1 atom stereocenters. The molecule has 2 aromatic carbocycles. The van der Waals surface area contributed by atoms with E-state index in [0.717, 1.165) is 15.2 Å². The standard InChI is InChI=1S/C21H16N4O2S2/c22-11-14-5-7-15(8-6-14)23-21(27)17-12-28-13-25(17)20(26)10-9-19-24-16-3-1-2-4-18(16)29-19/h1-10,17H,12-13H2,(H,23,27)/b10-9+. The molecule has 1 aliphatic rings. The lowest BCUT2D eigenvalue weighted by Crippen LogP contribution is -2.43. The second kappa shape index (κ2) is 8.47. The molecule has 0 bridgehead atoms. The van der Waals surface area contributed by atoms with Gasteiger partial charge in [0.25, 0.3) is 0 Å². The summed E-state index contributed by atoms with van der Waals surface area (Å²) >= 11 is 3.06. The summed E-state index contributed by atoms with van der Waals surface area (Å²) < 4.78 is 1.07. The number of hydrogen-bond acceptors (Lipinski definition) is 6. The first kappa shape index (κ1) is 19.2. The molecule has 0 aliphatic carbocycles. The first-order valence-corrected chi connectivity index (χ1v) is 10.8. The Balaban J connectivity index is 1.43. The van der Waals surface area contributed by atoms with Gasteiger partial charge in [0.1, 0.15) is 11.0 Å². The highest BCUT2D eigenvalue weighted by molar-refractivity contribution is 7.99. The fraction of sp³-hybridized carbons (Fsp3) is 0.143. The van der Waals surface area contributed by atoms with Crippen LogP contribution < -0.4 is 5.32 Å². The molecule has 1 aromatic heterocycles. The highest BCUT2D eigenvalue weighted by Gasteiger charge is 2.33. The number of thiazole rings is 1. The van der Waals surface area contributed by atoms with Crippen molar-refractivity contribution in [2.45, 2.75) is 6.04 Å². The van der Waals surface area contributed by atoms with Gasteiger partial charge in [-0.15, -0.1) is 23.1 Å². The minimum absolute atomic E-state index is 0.214. The third-order valence-electron chi connectivity index (χ3n) is 4.43. The second-order valence-corrected chi connectivity index (χ2v) is 8.42. The molecular weight excluding hydrogens is 404 g/mol. The molecule has 29 heavy (non-hydrogen) atoms. The molecule has 2 amide bonds. The summed E-state index contributed by atoms with van der Waals surface area (Å²) in [4.78, 5) is 31.4. The van der Waals surface area contributed by atoms with Crippen molar-refractivity contribution < 1.29 is 9.59 Å². The van der Waals surface area contributed by atoms with Crippen molar-refractivity contribution in [3.63, 3.8) is 0 Å². The topological polar surface area (TPSA) is 86.1 Å². The maximum Gasteiger partial charge on any atom is 0.248 e. The van der Waals surface area contributed by atoms with Gasteiger partial charge in [0.15, 0.2) is 0 Å². The van der Waals surface area contributed by atoms with E-state index in [1.165, 1.54) is 17.4 Å². The predicted molar refractivity (Wildman–Crippen MR) is 116 cm³/mol. The van der Waals surface area contributed by atoms with Gasteiger partial charge >= 0.3 is 0 Å². The van der Waals surface area contributed by atoms with Crippen LogP contribution in [0.2, 0.25) is 0 Å². The molecule has 8 heteroatoms. The molecule has 0 radical (unpaired) electrons. The molecule has 2 heterocycles. The van der Waals surface area contributed by atoms with Gasteiger partial charge in [-0.1, -0.05) is 12.1 Å². The predicted octanol–water partition coefficient (Wildman–Crippen LogP) is 3.72. The number of anilines is 1. The van der Waals surface area contributed by atoms with Gasteiger partial charge in [0, 0.05) is 17.5 Å². The third-order valence-corrected chi connectivity index (χ3v) is 6.44. The fourth-order valence-electron chi connectivity index (χ4n) is 2.93. The monoisotopic (exact) mass is 420 g/mol. The molecule has 4 rings (SSSR count). The molecule has 1 N–H and O–H groups in total. The van der Waals surface area contributed by atoms with Crippen LogP contribution in [0.4, 0.5) is 5.69 Å². The van der Waals surface area contributed by atoms with E-state index in [9.17, 15) is 9.59 Å². The summed E-state index contributed by atoms with van der Waals surface area (Å²) in [5.74, 6) is 0.563. The van der Waals surface area contributed by atoms with Gasteiger partial charge in [-0.05, 0) is 42.5 Å². The number of nitrogens with one attached hydrogen (secondary N) is 1. The van der Waals surface area contributed by atoms with Gasteiger partial charge in [-0.2, -0.15) is 5.26 Å². The number of hydrogen-bond donors (Lipinski definition) is 1. The SMILES string of the molecule is N#Cc1ccc(NC(=O)C2CSCN2C(=O)/C=C/c2nc3ccccc3s2)cc1. The van der Waals surface area contributed by atoms with Crippen LogP contribution in [0.3, 0.4) is 0 Å². The number of fused-ring (bicyclic) bond motifs is 1. The Hall–Kier alpha value is -3.15. The summed E-state index contributed by atoms with van der Waals surface area (Å²) in [5, 5.41) is 12.4. The Morgan fingerprint density at radius 3 is 2.76 bits per heavy atom. The zero-order valence-corrected chi connectivity index (χ0v) is 16.9. The van der Waals surface area contributed by atoms with E-state index in [4.69, 9.17) is 5.26 Å². The number of nitriles is 1. The minimum atomic E-state index is -0.539. The van der Waals surface area contributed by atoms with Crippen molar-refractivity contribution in [1.82, 2.24) is 9.88 Å². The number of carbonyl (C=O) groups excluding carboxylic acids is 2. The van der Waals surface area contributed by atoms with E-state index >= 15 is 0 Å². The van der Waals surface area contributed by atoms with Crippen molar-refractivity contribution in [3.8, 4) is 6.07 Å². The largest absolute Gasteiger partial charge is 0.324 e. The average molecular weight is 421 g/mol. The van der Waals surface area contributed by atoms with Crippen molar-refractivity contribution in [2.24, 2.45) is 0 Å². The van der Waals surface area contributed by atoms with E-state index in [0.29, 0.717) is 22.9 Å². The smallest absolute Gasteiger partial charge is 0.248 e. The van der Waals surface area contributed by atoms with Crippen molar-refractivity contribution in [2.75, 3.05) is 16.9 Å². The Labute approximate surface area is 175 Å². The lowest BCUT2D eigenvalue weighted by molar-refractivity contribution is -0.132. The lowest BCUT2D eigenvalue weighted by Gasteiger charge is -2.21. The van der Waals surface area contributed by atoms with Crippen LogP contribution in [0.15, 0.2) is 54.6 Å². The highest BCUT2D eigenvalue weighted by atomic mass is 32.2. The molecule has 1 fully saturated rings. The van der Waals surface area contributed by atoms with Crippen LogP contribution in [0.25, 0.3) is 16.3 Å². The Morgan fingerprint density at radius 2 is 2.00 bits per heavy atom. The van der Waals surface area contributed by atoms with Crippen LogP contribution in [0.5, 0.6) is 0 Å². The second-order valence-electron chi connectivity index (χ2n) is 6.36. The maximum atomic E-state index is 12.7. The van der Waals surface area contributed by atoms with Crippen LogP contribution in [0, 0.1) is 11.3 Å². The van der Waals surface area contributed by atoms with Crippen LogP contribution in [0.1, 0.15) is 10.6 Å². The number of nitrogens with zero attached hydrogens (tertiary/aromatic N) is 3. The number of amides is 2. The van der Waals surface area contributed by atoms with Crippen molar-refractivity contribution >= 4 is 56.9 Å². The Kier molecular flexibility index (Phi) is 5.60. The first-order chi connectivity index (χ1) is 14.1. The van der Waals surface area contributed by atoms with E-state index in [1.807, 2.05) is 30.3 Å². The molecular formula is C21H16N4O2S2. The number of aromatic nitrogens is 1. The molecule has 1 unspecified atom stereocenters. The van der Waals surface area contributed by atoms with Gasteiger partial charge in [-0.3, -0.25) is 9.59 Å². The molecule has 3 aromatic rings. The van der Waals surface area contributed by atoms with E-state index < -0.39 is 6.04 Å². The number of thioether (sulfide) groups is 1. The molecule has 0 spiro atoms. The minimum Gasteiger partial charge on any atom is -0.324 e. The number of para-hydroxylation sites is 1. The molecule has 1 saturated heterocycles. The molecule has 0 saturated carbocycles. The molecule has 144 valence electrons. The van der Waals surface area contributed by atoms with Gasteiger partial charge < -0.3 is 10.2 Å². The summed E-state index contributed by atoms with van der Waals surface area (Å²) in [7, 11) is 0. The van der Waals surface area contributed by atoms with E-state index in [1.54, 1.807) is 47.0 Å². The zero-order valence-electron chi connectivity index (χ0n) is 15.2. The average Bonchev–Trinajstić information content (AvgIpc) is 3.39. The molecule has 6 nitrogen and oxygen atoms in total. The lowest BCUT2D eigenvalue weighted by atomic mass is 10.2. The Morgan fingerprint density at radius 1 is 1.21 bits per heavy atom. The van der Waals surface area contributed by atoms with Gasteiger partial charge in [0.2, 0.25) is 11.8 Å². The third kappa shape index (κ3) is 4.31. The van der Waals surface area contributed by atoms with Gasteiger partial charge in [0.05, 0.1) is 27.7 Å². The summed E-state index contributed by atoms with van der Waals surface area (Å²) in [6.07, 6.45) is 3.18.